The van der Waals surface area contributed by atoms with Crippen LogP contribution in [0.2, 0.25) is 5.04 Å². The Bertz CT molecular complexity index is 1030. The van der Waals surface area contributed by atoms with Gasteiger partial charge in [-0.2, -0.15) is 0 Å². The topological polar surface area (TPSA) is 26.3 Å². The van der Waals surface area contributed by atoms with Crippen LogP contribution < -0.4 is 10.4 Å². The molecule has 0 radical (unpaired) electrons. The van der Waals surface area contributed by atoms with Crippen molar-refractivity contribution in [2.75, 3.05) is 0 Å². The normalized spacial score (nSPS) is 18.9. The van der Waals surface area contributed by atoms with Gasteiger partial charge in [0.05, 0.1) is 0 Å². The average molecular weight is 457 g/mol. The maximum absolute atomic E-state index is 12.6. The Morgan fingerprint density at radius 1 is 0.848 bits per heavy atom. The second-order valence-electron chi connectivity index (χ2n) is 10.3. The molecule has 0 aromatic heterocycles. The summed E-state index contributed by atoms with van der Waals surface area (Å²) in [5, 5.41) is 2.63. The third-order valence-corrected chi connectivity index (χ3v) is 12.3. The predicted molar refractivity (Wildman–Crippen MR) is 140 cm³/mol. The van der Waals surface area contributed by atoms with E-state index in [1.165, 1.54) is 15.9 Å². The predicted octanol–water partition coefficient (Wildman–Crippen LogP) is 6.49. The van der Waals surface area contributed by atoms with Crippen LogP contribution >= 0.6 is 0 Å². The molecule has 33 heavy (non-hydrogen) atoms. The monoisotopic (exact) mass is 456 g/mol. The summed E-state index contributed by atoms with van der Waals surface area (Å²) in [6.45, 7) is 8.95. The van der Waals surface area contributed by atoms with Crippen LogP contribution in [0, 0.1) is 0 Å². The lowest BCUT2D eigenvalue weighted by Gasteiger charge is -2.44. The zero-order valence-electron chi connectivity index (χ0n) is 20.4. The molecule has 0 spiro atoms. The minimum absolute atomic E-state index is 0.0239. The highest BCUT2D eigenvalue weighted by Gasteiger charge is 2.52. The number of hydrogen-bond donors (Lipinski definition) is 0. The van der Waals surface area contributed by atoms with E-state index in [2.05, 4.69) is 93.6 Å². The van der Waals surface area contributed by atoms with Crippen molar-refractivity contribution in [1.82, 2.24) is 0 Å². The zero-order chi connectivity index (χ0) is 23.5. The first kappa shape index (κ1) is 23.7. The molecular formula is C30H36O2Si. The lowest BCUT2D eigenvalue weighted by Crippen LogP contribution is -2.67. The van der Waals surface area contributed by atoms with Gasteiger partial charge in [0.1, 0.15) is 0 Å². The van der Waals surface area contributed by atoms with Crippen molar-refractivity contribution >= 4 is 24.5 Å². The molecule has 0 bridgehead atoms. The van der Waals surface area contributed by atoms with E-state index in [4.69, 9.17) is 4.43 Å². The first-order valence-corrected chi connectivity index (χ1v) is 14.2. The lowest BCUT2D eigenvalue weighted by molar-refractivity contribution is 0.0986. The van der Waals surface area contributed by atoms with Crippen LogP contribution in [-0.4, -0.2) is 20.2 Å². The van der Waals surface area contributed by atoms with Crippen LogP contribution in [0.15, 0.2) is 84.9 Å². The van der Waals surface area contributed by atoms with Crippen LogP contribution in [0.5, 0.6) is 0 Å². The highest BCUT2D eigenvalue weighted by atomic mass is 28.4. The molecule has 172 valence electrons. The Morgan fingerprint density at radius 2 is 1.39 bits per heavy atom. The summed E-state index contributed by atoms with van der Waals surface area (Å²) >= 11 is 0. The smallest absolute Gasteiger partial charge is 0.261 e. The molecule has 0 heterocycles. The number of carbonyl (C=O) groups is 1. The van der Waals surface area contributed by atoms with Gasteiger partial charge in [-0.3, -0.25) is 4.79 Å². The summed E-state index contributed by atoms with van der Waals surface area (Å²) in [6.07, 6.45) is 3.80. The molecule has 1 saturated carbocycles. The molecule has 0 N–H and O–H groups in total. The van der Waals surface area contributed by atoms with E-state index in [9.17, 15) is 4.79 Å². The molecule has 3 aromatic carbocycles. The fourth-order valence-electron chi connectivity index (χ4n) is 5.57. The van der Waals surface area contributed by atoms with Gasteiger partial charge in [0.15, 0.2) is 5.78 Å². The van der Waals surface area contributed by atoms with Crippen LogP contribution in [0.4, 0.5) is 0 Å². The summed E-state index contributed by atoms with van der Waals surface area (Å²) in [5.74, 6) is 0.613. The number of Topliss-reactive ketones (excluding diaryl/α,β-unsaturated/α-hetero) is 1. The third-order valence-electron chi connectivity index (χ3n) is 7.17. The molecule has 2 nitrogen and oxygen atoms in total. The second kappa shape index (κ2) is 9.78. The highest BCUT2D eigenvalue weighted by molar-refractivity contribution is 6.99. The van der Waals surface area contributed by atoms with Gasteiger partial charge in [-0.1, -0.05) is 113 Å². The molecule has 0 aliphatic heterocycles. The summed E-state index contributed by atoms with van der Waals surface area (Å²) < 4.78 is 7.37. The van der Waals surface area contributed by atoms with Crippen molar-refractivity contribution in [3.8, 4) is 0 Å². The Morgan fingerprint density at radius 3 is 1.94 bits per heavy atom. The minimum Gasteiger partial charge on any atom is -0.404 e. The molecule has 3 aromatic rings. The fourth-order valence-corrected chi connectivity index (χ4v) is 10.3. The van der Waals surface area contributed by atoms with E-state index in [1.807, 2.05) is 19.1 Å². The van der Waals surface area contributed by atoms with Crippen molar-refractivity contribution in [3.63, 3.8) is 0 Å². The summed E-state index contributed by atoms with van der Waals surface area (Å²) in [6, 6.07) is 30.0. The zero-order valence-corrected chi connectivity index (χ0v) is 21.4. The molecule has 4 rings (SSSR count). The van der Waals surface area contributed by atoms with Gasteiger partial charge in [-0.25, -0.2) is 0 Å². The average Bonchev–Trinajstić information content (AvgIpc) is 3.30. The van der Waals surface area contributed by atoms with Crippen LogP contribution in [0.1, 0.15) is 75.2 Å². The number of ketones is 1. The van der Waals surface area contributed by atoms with E-state index in [1.54, 1.807) is 0 Å². The summed E-state index contributed by atoms with van der Waals surface area (Å²) in [7, 11) is -2.55. The van der Waals surface area contributed by atoms with E-state index in [0.717, 1.165) is 24.8 Å². The standard InChI is InChI=1S/C30H36O2Si/c1-5-29(31)28-19-13-12-18-27(28)23-20-21-24(22-23)32-33(30(2,3)4,25-14-8-6-9-15-25)26-16-10-7-11-17-26/h6-19,23-24H,5,20-22H2,1-4H3. The molecule has 0 saturated heterocycles. The van der Waals surface area contributed by atoms with E-state index < -0.39 is 8.32 Å². The van der Waals surface area contributed by atoms with Gasteiger partial charge >= 0.3 is 0 Å². The van der Waals surface area contributed by atoms with Gasteiger partial charge in [0.2, 0.25) is 0 Å². The van der Waals surface area contributed by atoms with Gasteiger partial charge < -0.3 is 4.43 Å². The maximum Gasteiger partial charge on any atom is 0.261 e. The van der Waals surface area contributed by atoms with Crippen molar-refractivity contribution in [1.29, 1.82) is 0 Å². The molecule has 1 aliphatic carbocycles. The van der Waals surface area contributed by atoms with Crippen molar-refractivity contribution in [3.05, 3.63) is 96.1 Å². The molecule has 2 unspecified atom stereocenters. The molecule has 0 amide bonds. The van der Waals surface area contributed by atoms with Gasteiger partial charge in [0.25, 0.3) is 8.32 Å². The molecular weight excluding hydrogens is 420 g/mol. The molecule has 1 aliphatic rings. The largest absolute Gasteiger partial charge is 0.404 e. The Hall–Kier alpha value is -2.49. The molecule has 3 heteroatoms. The van der Waals surface area contributed by atoms with Crippen LogP contribution in [-0.2, 0) is 4.43 Å². The first-order chi connectivity index (χ1) is 15.9. The van der Waals surface area contributed by atoms with E-state index in [-0.39, 0.29) is 16.9 Å². The Labute approximate surface area is 200 Å². The summed E-state index contributed by atoms with van der Waals surface area (Å²) in [4.78, 5) is 12.6. The molecule has 2 atom stereocenters. The first-order valence-electron chi connectivity index (χ1n) is 12.3. The van der Waals surface area contributed by atoms with Gasteiger partial charge in [0, 0.05) is 18.1 Å². The lowest BCUT2D eigenvalue weighted by atomic mass is 9.90. The van der Waals surface area contributed by atoms with Gasteiger partial charge in [-0.05, 0) is 46.2 Å². The maximum atomic E-state index is 12.6. The quantitative estimate of drug-likeness (QED) is 0.300. The Kier molecular flexibility index (Phi) is 7.01. The number of benzene rings is 3. The SMILES string of the molecule is CCC(=O)c1ccccc1C1CCC(O[Si](c2ccccc2)(c2ccccc2)C(C)(C)C)C1. The fraction of sp³-hybridized carbons (Fsp3) is 0.367. The number of rotatable bonds is 7. The third kappa shape index (κ3) is 4.62. The summed E-state index contributed by atoms with van der Waals surface area (Å²) in [5.41, 5.74) is 2.11. The van der Waals surface area contributed by atoms with Crippen LogP contribution in [0.3, 0.4) is 0 Å². The van der Waals surface area contributed by atoms with Crippen molar-refractivity contribution in [2.45, 2.75) is 70.4 Å². The van der Waals surface area contributed by atoms with Crippen molar-refractivity contribution < 1.29 is 9.22 Å². The van der Waals surface area contributed by atoms with E-state index in [0.29, 0.717) is 12.3 Å². The number of carbonyl (C=O) groups excluding carboxylic acids is 1. The Balaban J connectivity index is 1.70. The highest BCUT2D eigenvalue weighted by Crippen LogP contribution is 2.43. The second-order valence-corrected chi connectivity index (χ2v) is 14.5. The number of hydrogen-bond acceptors (Lipinski definition) is 2. The van der Waals surface area contributed by atoms with Crippen LogP contribution in [0.25, 0.3) is 0 Å². The van der Waals surface area contributed by atoms with Crippen molar-refractivity contribution in [2.24, 2.45) is 0 Å². The minimum atomic E-state index is -2.55. The molecule has 1 fully saturated rings. The van der Waals surface area contributed by atoms with Gasteiger partial charge in [-0.15, -0.1) is 0 Å². The van der Waals surface area contributed by atoms with E-state index >= 15 is 0 Å².